The Morgan fingerprint density at radius 3 is 1.41 bits per heavy atom. The summed E-state index contributed by atoms with van der Waals surface area (Å²) in [7, 11) is 3.30. The van der Waals surface area contributed by atoms with E-state index in [9.17, 15) is 0 Å². The molecule has 0 fully saturated rings. The third-order valence-electron chi connectivity index (χ3n) is 3.64. The summed E-state index contributed by atoms with van der Waals surface area (Å²) in [5.74, 6) is 1.46. The van der Waals surface area contributed by atoms with Crippen molar-refractivity contribution in [3.63, 3.8) is 0 Å². The largest absolute Gasteiger partial charge is 0.457 e. The minimum Gasteiger partial charge on any atom is -0.457 e. The topological polar surface area (TPSA) is 75.8 Å². The van der Waals surface area contributed by atoms with Crippen LogP contribution >= 0.6 is 24.4 Å². The van der Waals surface area contributed by atoms with Crippen LogP contribution in [0.3, 0.4) is 0 Å². The predicted molar refractivity (Wildman–Crippen MR) is 125 cm³/mol. The summed E-state index contributed by atoms with van der Waals surface area (Å²) in [5.41, 5.74) is 1.75. The summed E-state index contributed by atoms with van der Waals surface area (Å²) in [4.78, 5) is 0. The molecule has 2 rings (SSSR count). The van der Waals surface area contributed by atoms with Crippen LogP contribution in [0.25, 0.3) is 0 Å². The molecular weight excluding hydrogens is 408 g/mol. The van der Waals surface area contributed by atoms with E-state index < -0.39 is 0 Å². The number of anilines is 2. The van der Waals surface area contributed by atoms with Gasteiger partial charge in [-0.15, -0.1) is 0 Å². The van der Waals surface area contributed by atoms with Crippen molar-refractivity contribution in [2.45, 2.75) is 0 Å². The van der Waals surface area contributed by atoms with E-state index in [1.54, 1.807) is 14.2 Å². The molecule has 9 heteroatoms. The molecule has 0 saturated heterocycles. The van der Waals surface area contributed by atoms with Gasteiger partial charge in [-0.1, -0.05) is 0 Å². The summed E-state index contributed by atoms with van der Waals surface area (Å²) >= 11 is 10.4. The van der Waals surface area contributed by atoms with Gasteiger partial charge < -0.3 is 35.5 Å². The molecule has 2 aromatic rings. The molecule has 0 unspecified atom stereocenters. The lowest BCUT2D eigenvalue weighted by Gasteiger charge is -2.12. The molecule has 4 N–H and O–H groups in total. The van der Waals surface area contributed by atoms with Gasteiger partial charge in [-0.2, -0.15) is 0 Å². The lowest BCUT2D eigenvalue weighted by atomic mass is 10.3. The Balaban J connectivity index is 1.80. The second-order valence-electron chi connectivity index (χ2n) is 5.90. The molecule has 0 saturated carbocycles. The van der Waals surface area contributed by atoms with Crippen molar-refractivity contribution in [1.82, 2.24) is 10.6 Å². The fourth-order valence-electron chi connectivity index (χ4n) is 2.23. The average Bonchev–Trinajstić information content (AvgIpc) is 2.71. The SMILES string of the molecule is COCCNC(=S)Nc1ccc(Oc2ccc(NC(=S)NCCOC)cc2)cc1. The summed E-state index contributed by atoms with van der Waals surface area (Å²) in [6.07, 6.45) is 0. The number of hydrogen-bond acceptors (Lipinski definition) is 5. The molecule has 0 aliphatic rings. The van der Waals surface area contributed by atoms with Crippen molar-refractivity contribution in [3.05, 3.63) is 48.5 Å². The summed E-state index contributed by atoms with van der Waals surface area (Å²) in [6, 6.07) is 15.1. The Hall–Kier alpha value is -2.46. The molecule has 7 nitrogen and oxygen atoms in total. The van der Waals surface area contributed by atoms with Crippen molar-refractivity contribution in [1.29, 1.82) is 0 Å². The zero-order valence-corrected chi connectivity index (χ0v) is 18.1. The molecule has 0 amide bonds. The molecule has 156 valence electrons. The highest BCUT2D eigenvalue weighted by atomic mass is 32.1. The van der Waals surface area contributed by atoms with Gasteiger partial charge in [-0.05, 0) is 73.0 Å². The second-order valence-corrected chi connectivity index (χ2v) is 6.71. The third kappa shape index (κ3) is 9.05. The Bertz CT molecular complexity index is 705. The number of rotatable bonds is 10. The van der Waals surface area contributed by atoms with Gasteiger partial charge in [-0.3, -0.25) is 0 Å². The fourth-order valence-corrected chi connectivity index (χ4v) is 2.67. The predicted octanol–water partition coefficient (Wildman–Crippen LogP) is 3.34. The second kappa shape index (κ2) is 12.9. The van der Waals surface area contributed by atoms with Crippen LogP contribution in [0.15, 0.2) is 48.5 Å². The number of benzene rings is 2. The van der Waals surface area contributed by atoms with Crippen LogP contribution in [-0.2, 0) is 9.47 Å². The molecule has 29 heavy (non-hydrogen) atoms. The van der Waals surface area contributed by atoms with Crippen LogP contribution in [0.2, 0.25) is 0 Å². The molecule has 0 aliphatic carbocycles. The highest BCUT2D eigenvalue weighted by molar-refractivity contribution is 7.80. The number of nitrogens with one attached hydrogen (secondary N) is 4. The molecule has 0 atom stereocenters. The van der Waals surface area contributed by atoms with E-state index in [-0.39, 0.29) is 0 Å². The highest BCUT2D eigenvalue weighted by Gasteiger charge is 2.02. The number of ether oxygens (including phenoxy) is 3. The highest BCUT2D eigenvalue weighted by Crippen LogP contribution is 2.24. The number of methoxy groups -OCH3 is 2. The molecule has 0 bridgehead atoms. The fraction of sp³-hybridized carbons (Fsp3) is 0.300. The standard InChI is InChI=1S/C20H26N4O3S2/c1-25-13-11-21-19(28)23-15-3-7-17(8-4-15)27-18-9-5-16(6-10-18)24-20(29)22-12-14-26-2/h3-10H,11-14H2,1-2H3,(H2,21,23,28)(H2,22,24,29). The van der Waals surface area contributed by atoms with E-state index in [0.717, 1.165) is 22.9 Å². The zero-order valence-electron chi connectivity index (χ0n) is 16.5. The first-order chi connectivity index (χ1) is 14.1. The Morgan fingerprint density at radius 1 is 0.690 bits per heavy atom. The lowest BCUT2D eigenvalue weighted by molar-refractivity contribution is 0.204. The number of thiocarbonyl (C=S) groups is 2. The van der Waals surface area contributed by atoms with Crippen molar-refractivity contribution in [3.8, 4) is 11.5 Å². The van der Waals surface area contributed by atoms with Crippen LogP contribution in [0.1, 0.15) is 0 Å². The van der Waals surface area contributed by atoms with Crippen molar-refractivity contribution >= 4 is 46.0 Å². The zero-order chi connectivity index (χ0) is 20.9. The molecule has 0 aromatic heterocycles. The maximum Gasteiger partial charge on any atom is 0.170 e. The third-order valence-corrected chi connectivity index (χ3v) is 4.14. The monoisotopic (exact) mass is 434 g/mol. The maximum absolute atomic E-state index is 5.87. The normalized spacial score (nSPS) is 10.1. The van der Waals surface area contributed by atoms with Crippen LogP contribution in [0, 0.1) is 0 Å². The maximum atomic E-state index is 5.87. The molecule has 2 aromatic carbocycles. The molecule has 0 spiro atoms. The summed E-state index contributed by atoms with van der Waals surface area (Å²) < 4.78 is 15.8. The average molecular weight is 435 g/mol. The first-order valence-electron chi connectivity index (χ1n) is 9.06. The van der Waals surface area contributed by atoms with E-state index in [2.05, 4.69) is 21.3 Å². The van der Waals surface area contributed by atoms with Crippen LogP contribution in [0.4, 0.5) is 11.4 Å². The summed E-state index contributed by atoms with van der Waals surface area (Å²) in [5, 5.41) is 13.4. The van der Waals surface area contributed by atoms with Crippen molar-refractivity contribution < 1.29 is 14.2 Å². The van der Waals surface area contributed by atoms with E-state index in [0.29, 0.717) is 36.5 Å². The summed E-state index contributed by atoms with van der Waals surface area (Å²) in [6.45, 7) is 2.50. The Kier molecular flexibility index (Phi) is 10.1. The molecular formula is C20H26N4O3S2. The van der Waals surface area contributed by atoms with Crippen molar-refractivity contribution in [2.75, 3.05) is 51.2 Å². The van der Waals surface area contributed by atoms with Crippen LogP contribution in [-0.4, -0.2) is 50.7 Å². The minimum absolute atomic E-state index is 0.549. The first kappa shape index (κ1) is 22.8. The minimum atomic E-state index is 0.549. The van der Waals surface area contributed by atoms with Gasteiger partial charge in [0.25, 0.3) is 0 Å². The van der Waals surface area contributed by atoms with Crippen LogP contribution in [0.5, 0.6) is 11.5 Å². The molecule has 0 heterocycles. The van der Waals surface area contributed by atoms with E-state index >= 15 is 0 Å². The van der Waals surface area contributed by atoms with E-state index in [1.807, 2.05) is 48.5 Å². The first-order valence-corrected chi connectivity index (χ1v) is 9.88. The smallest absolute Gasteiger partial charge is 0.170 e. The van der Waals surface area contributed by atoms with Crippen LogP contribution < -0.4 is 26.0 Å². The van der Waals surface area contributed by atoms with Gasteiger partial charge >= 0.3 is 0 Å². The molecule has 0 radical (unpaired) electrons. The van der Waals surface area contributed by atoms with E-state index in [1.165, 1.54) is 0 Å². The van der Waals surface area contributed by atoms with Gasteiger partial charge in [0, 0.05) is 38.7 Å². The Labute approximate surface area is 182 Å². The van der Waals surface area contributed by atoms with Gasteiger partial charge in [-0.25, -0.2) is 0 Å². The molecule has 0 aliphatic heterocycles. The van der Waals surface area contributed by atoms with Gasteiger partial charge in [0.15, 0.2) is 10.2 Å². The van der Waals surface area contributed by atoms with Crippen molar-refractivity contribution in [2.24, 2.45) is 0 Å². The number of hydrogen-bond donors (Lipinski definition) is 4. The Morgan fingerprint density at radius 2 is 1.07 bits per heavy atom. The van der Waals surface area contributed by atoms with E-state index in [4.69, 9.17) is 38.6 Å². The van der Waals surface area contributed by atoms with Gasteiger partial charge in [0.05, 0.1) is 13.2 Å². The lowest BCUT2D eigenvalue weighted by Crippen LogP contribution is -2.31. The quantitative estimate of drug-likeness (QED) is 0.333. The van der Waals surface area contributed by atoms with Gasteiger partial charge in [0.2, 0.25) is 0 Å². The van der Waals surface area contributed by atoms with Gasteiger partial charge in [0.1, 0.15) is 11.5 Å².